The Bertz CT molecular complexity index is 1970. The van der Waals surface area contributed by atoms with Gasteiger partial charge in [0.05, 0.1) is 20.2 Å². The first-order chi connectivity index (χ1) is 18.4. The maximum Gasteiger partial charge on any atom is 0.417 e. The van der Waals surface area contributed by atoms with E-state index in [1.54, 1.807) is 0 Å². The summed E-state index contributed by atoms with van der Waals surface area (Å²) in [7, 11) is -13.2. The standard InChI is InChI=1S/C26H21F3N2O6S3/c1-38(32,33)21-12-6-4-10-19(21)24-17(16-8-3-7-13-22(16)39(30,34)35)14-15-23(40(31,36)37)25(24)18-9-2-5-11-20(18)26(27,28)29/h2-15H,1H3,(H2,30,34,35)(H2,31,36,37). The van der Waals surface area contributed by atoms with E-state index in [-0.39, 0.29) is 27.1 Å². The summed E-state index contributed by atoms with van der Waals surface area (Å²) in [5.74, 6) is 0. The molecule has 0 saturated carbocycles. The molecule has 0 aliphatic rings. The first-order valence-corrected chi connectivity index (χ1v) is 16.2. The number of nitrogens with two attached hydrogens (primary N) is 2. The predicted molar refractivity (Wildman–Crippen MR) is 144 cm³/mol. The molecule has 0 saturated heterocycles. The molecule has 4 rings (SSSR count). The normalized spacial score (nSPS) is 12.8. The first-order valence-electron chi connectivity index (χ1n) is 11.2. The highest BCUT2D eigenvalue weighted by molar-refractivity contribution is 7.91. The second kappa shape index (κ2) is 10.1. The zero-order chi connectivity index (χ0) is 29.7. The minimum Gasteiger partial charge on any atom is -0.225 e. The van der Waals surface area contributed by atoms with E-state index < -0.39 is 62.5 Å². The number of primary sulfonamides is 2. The summed E-state index contributed by atoms with van der Waals surface area (Å²) >= 11 is 0. The van der Waals surface area contributed by atoms with Gasteiger partial charge >= 0.3 is 6.18 Å². The van der Waals surface area contributed by atoms with Gasteiger partial charge in [-0.3, -0.25) is 0 Å². The third-order valence-electron chi connectivity index (χ3n) is 6.02. The summed E-state index contributed by atoms with van der Waals surface area (Å²) in [4.78, 5) is -1.51. The minimum absolute atomic E-state index is 0.0971. The van der Waals surface area contributed by atoms with E-state index in [9.17, 15) is 38.4 Å². The van der Waals surface area contributed by atoms with Gasteiger partial charge in [0.25, 0.3) is 0 Å². The van der Waals surface area contributed by atoms with E-state index >= 15 is 0 Å². The molecule has 0 amide bonds. The Morgan fingerprint density at radius 1 is 0.525 bits per heavy atom. The molecule has 0 fully saturated rings. The monoisotopic (exact) mass is 610 g/mol. The van der Waals surface area contributed by atoms with Gasteiger partial charge in [-0.05, 0) is 35.4 Å². The molecule has 0 spiro atoms. The highest BCUT2D eigenvalue weighted by atomic mass is 32.2. The van der Waals surface area contributed by atoms with Crippen LogP contribution in [0, 0.1) is 0 Å². The fraction of sp³-hybridized carbons (Fsp3) is 0.0769. The topological polar surface area (TPSA) is 154 Å². The van der Waals surface area contributed by atoms with Crippen molar-refractivity contribution in [2.45, 2.75) is 20.9 Å². The van der Waals surface area contributed by atoms with E-state index in [0.717, 1.165) is 42.7 Å². The van der Waals surface area contributed by atoms with Gasteiger partial charge < -0.3 is 0 Å². The zero-order valence-corrected chi connectivity index (χ0v) is 23.0. The van der Waals surface area contributed by atoms with Gasteiger partial charge in [-0.2, -0.15) is 13.2 Å². The van der Waals surface area contributed by atoms with Gasteiger partial charge in [0.15, 0.2) is 9.84 Å². The van der Waals surface area contributed by atoms with Crippen LogP contribution in [0.25, 0.3) is 33.4 Å². The summed E-state index contributed by atoms with van der Waals surface area (Å²) in [6, 6.07) is 16.7. The molecule has 4 aromatic rings. The molecule has 0 heterocycles. The number of sulfonamides is 2. The molecule has 8 nitrogen and oxygen atoms in total. The number of sulfone groups is 1. The molecule has 0 unspecified atom stereocenters. The van der Waals surface area contributed by atoms with Crippen molar-refractivity contribution in [3.8, 4) is 33.4 Å². The highest BCUT2D eigenvalue weighted by Crippen LogP contribution is 2.49. The second-order valence-corrected chi connectivity index (χ2v) is 13.8. The van der Waals surface area contributed by atoms with Crippen molar-refractivity contribution in [3.05, 3.63) is 90.5 Å². The van der Waals surface area contributed by atoms with Gasteiger partial charge in [-0.1, -0.05) is 60.7 Å². The third-order valence-corrected chi connectivity index (χ3v) is 9.09. The van der Waals surface area contributed by atoms with E-state index in [1.807, 2.05) is 0 Å². The van der Waals surface area contributed by atoms with Crippen molar-refractivity contribution in [2.24, 2.45) is 10.3 Å². The lowest BCUT2D eigenvalue weighted by molar-refractivity contribution is -0.137. The molecule has 0 aromatic heterocycles. The third kappa shape index (κ3) is 5.67. The molecule has 0 aliphatic heterocycles. The van der Waals surface area contributed by atoms with E-state index in [4.69, 9.17) is 10.3 Å². The predicted octanol–water partition coefficient (Wildman–Crippen LogP) is 4.40. The Balaban J connectivity index is 2.39. The fourth-order valence-electron chi connectivity index (χ4n) is 4.47. The molecule has 0 atom stereocenters. The maximum absolute atomic E-state index is 14.2. The van der Waals surface area contributed by atoms with E-state index in [1.165, 1.54) is 48.5 Å². The van der Waals surface area contributed by atoms with Crippen LogP contribution >= 0.6 is 0 Å². The quantitative estimate of drug-likeness (QED) is 0.330. The summed E-state index contributed by atoms with van der Waals surface area (Å²) in [5.41, 5.74) is -3.09. The molecule has 0 aliphatic carbocycles. The maximum atomic E-state index is 14.2. The smallest absolute Gasteiger partial charge is 0.225 e. The number of alkyl halides is 3. The molecule has 210 valence electrons. The number of rotatable bonds is 6. The number of halogens is 3. The largest absolute Gasteiger partial charge is 0.417 e. The van der Waals surface area contributed by atoms with Gasteiger partial charge in [0.1, 0.15) is 0 Å². The summed E-state index contributed by atoms with van der Waals surface area (Å²) in [6.45, 7) is 0. The van der Waals surface area contributed by atoms with E-state index in [0.29, 0.717) is 0 Å². The molecule has 0 bridgehead atoms. The molecule has 4 aromatic carbocycles. The van der Waals surface area contributed by atoms with Crippen LogP contribution in [0.4, 0.5) is 13.2 Å². The lowest BCUT2D eigenvalue weighted by atomic mass is 9.86. The van der Waals surface area contributed by atoms with Crippen LogP contribution in [0.1, 0.15) is 5.56 Å². The fourth-order valence-corrected chi connectivity index (χ4v) is 6.88. The number of hydrogen-bond acceptors (Lipinski definition) is 6. The lowest BCUT2D eigenvalue weighted by Crippen LogP contribution is -2.17. The Kier molecular flexibility index (Phi) is 7.45. The van der Waals surface area contributed by atoms with Gasteiger partial charge in [-0.25, -0.2) is 35.5 Å². The van der Waals surface area contributed by atoms with Crippen LogP contribution in [-0.2, 0) is 36.1 Å². The Labute approximate surface area is 229 Å². The van der Waals surface area contributed by atoms with Crippen LogP contribution in [-0.4, -0.2) is 31.5 Å². The number of benzene rings is 4. The second-order valence-electron chi connectivity index (χ2n) is 8.76. The van der Waals surface area contributed by atoms with Crippen LogP contribution in [0.2, 0.25) is 0 Å². The van der Waals surface area contributed by atoms with E-state index in [2.05, 4.69) is 0 Å². The van der Waals surface area contributed by atoms with Crippen molar-refractivity contribution in [3.63, 3.8) is 0 Å². The summed E-state index contributed by atoms with van der Waals surface area (Å²) in [6.07, 6.45) is -4.09. The van der Waals surface area contributed by atoms with Gasteiger partial charge in [0, 0.05) is 28.5 Å². The Morgan fingerprint density at radius 2 is 1.00 bits per heavy atom. The van der Waals surface area contributed by atoms with Gasteiger partial charge in [0.2, 0.25) is 20.0 Å². The zero-order valence-electron chi connectivity index (χ0n) is 20.5. The molecule has 40 heavy (non-hydrogen) atoms. The molecule has 14 heteroatoms. The van der Waals surface area contributed by atoms with Crippen molar-refractivity contribution < 1.29 is 38.4 Å². The summed E-state index contributed by atoms with van der Waals surface area (Å²) < 4.78 is 119. The molecular formula is C26H21F3N2O6S3. The van der Waals surface area contributed by atoms with Crippen molar-refractivity contribution in [1.29, 1.82) is 0 Å². The highest BCUT2D eigenvalue weighted by Gasteiger charge is 2.36. The number of hydrogen-bond donors (Lipinski definition) is 2. The minimum atomic E-state index is -4.96. The van der Waals surface area contributed by atoms with Crippen LogP contribution in [0.15, 0.2) is 99.6 Å². The Morgan fingerprint density at radius 3 is 1.52 bits per heavy atom. The first kappa shape index (κ1) is 29.4. The van der Waals surface area contributed by atoms with Crippen molar-refractivity contribution in [1.82, 2.24) is 0 Å². The summed E-state index contributed by atoms with van der Waals surface area (Å²) in [5, 5.41) is 10.9. The Hall–Kier alpha value is -3.56. The van der Waals surface area contributed by atoms with Crippen molar-refractivity contribution in [2.75, 3.05) is 6.26 Å². The average molecular weight is 611 g/mol. The van der Waals surface area contributed by atoms with Crippen LogP contribution in [0.5, 0.6) is 0 Å². The van der Waals surface area contributed by atoms with Gasteiger partial charge in [-0.15, -0.1) is 0 Å². The lowest BCUT2D eigenvalue weighted by Gasteiger charge is -2.23. The SMILES string of the molecule is CS(=O)(=O)c1ccccc1-c1c(-c2ccccc2S(N)(=O)=O)ccc(S(N)(=O)=O)c1-c1ccccc1C(F)(F)F. The van der Waals surface area contributed by atoms with Crippen LogP contribution < -0.4 is 10.3 Å². The molecular weight excluding hydrogens is 589 g/mol. The molecule has 4 N–H and O–H groups in total. The van der Waals surface area contributed by atoms with Crippen LogP contribution in [0.3, 0.4) is 0 Å². The average Bonchev–Trinajstić information content (AvgIpc) is 2.86. The van der Waals surface area contributed by atoms with Crippen molar-refractivity contribution >= 4 is 29.9 Å². The molecule has 0 radical (unpaired) electrons.